The van der Waals surface area contributed by atoms with E-state index in [1.807, 2.05) is 0 Å². The van der Waals surface area contributed by atoms with Crippen molar-refractivity contribution in [1.29, 1.82) is 0 Å². The summed E-state index contributed by atoms with van der Waals surface area (Å²) in [5.74, 6) is 0.0588. The number of hydrogen-bond acceptors (Lipinski definition) is 1. The van der Waals surface area contributed by atoms with Gasteiger partial charge in [-0.3, -0.25) is 0 Å². The van der Waals surface area contributed by atoms with E-state index in [0.717, 1.165) is 39.1 Å². The van der Waals surface area contributed by atoms with Crippen LogP contribution in [0.5, 0.6) is 0 Å². The van der Waals surface area contributed by atoms with Gasteiger partial charge in [-0.2, -0.15) is 0 Å². The largest absolute Gasteiger partial charge is 0.361 e. The first-order chi connectivity index (χ1) is 28.3. The monoisotopic (exact) mass is 733 g/mol. The molecule has 57 heavy (non-hydrogen) atoms. The van der Waals surface area contributed by atoms with Crippen LogP contribution in [0, 0.1) is 0 Å². The maximum atomic E-state index is 3.55. The van der Waals surface area contributed by atoms with E-state index in [1.165, 1.54) is 54.9 Å². The molecule has 0 aliphatic carbocycles. The Morgan fingerprint density at radius 2 is 0.561 bits per heavy atom. The number of aromatic amines is 4. The molecular formula is C52H39N5. The molecule has 0 saturated heterocycles. The van der Waals surface area contributed by atoms with Crippen molar-refractivity contribution < 1.29 is 0 Å². The Hall–Kier alpha value is -7.50. The zero-order valence-corrected chi connectivity index (χ0v) is 31.2. The molecule has 0 spiro atoms. The lowest BCUT2D eigenvalue weighted by Gasteiger charge is -2.27. The molecule has 272 valence electrons. The van der Waals surface area contributed by atoms with Gasteiger partial charge in [-0.25, -0.2) is 0 Å². The van der Waals surface area contributed by atoms with Gasteiger partial charge in [0.25, 0.3) is 0 Å². The third kappa shape index (κ3) is 5.63. The lowest BCUT2D eigenvalue weighted by Crippen LogP contribution is -2.11. The van der Waals surface area contributed by atoms with Gasteiger partial charge in [0.2, 0.25) is 0 Å². The van der Waals surface area contributed by atoms with Gasteiger partial charge in [0, 0.05) is 97.3 Å². The average Bonchev–Trinajstić information content (AvgIpc) is 4.09. The van der Waals surface area contributed by atoms with E-state index in [-0.39, 0.29) is 11.8 Å². The fourth-order valence-corrected chi connectivity index (χ4v) is 9.04. The van der Waals surface area contributed by atoms with Gasteiger partial charge in [0.1, 0.15) is 0 Å². The Bertz CT molecular complexity index is 2800. The van der Waals surface area contributed by atoms with Crippen molar-refractivity contribution in [1.82, 2.24) is 19.9 Å². The highest BCUT2D eigenvalue weighted by Crippen LogP contribution is 2.43. The first-order valence-electron chi connectivity index (χ1n) is 19.6. The van der Waals surface area contributed by atoms with Crippen LogP contribution in [0.25, 0.3) is 43.6 Å². The van der Waals surface area contributed by atoms with Crippen LogP contribution < -0.4 is 4.90 Å². The van der Waals surface area contributed by atoms with Crippen LogP contribution in [0.15, 0.2) is 201 Å². The van der Waals surface area contributed by atoms with Gasteiger partial charge in [-0.05, 0) is 94.0 Å². The molecule has 5 nitrogen and oxygen atoms in total. The normalized spacial score (nSPS) is 11.8. The predicted octanol–water partition coefficient (Wildman–Crippen LogP) is 13.4. The van der Waals surface area contributed by atoms with Crippen molar-refractivity contribution in [3.8, 4) is 0 Å². The van der Waals surface area contributed by atoms with E-state index < -0.39 is 0 Å². The number of anilines is 3. The summed E-state index contributed by atoms with van der Waals surface area (Å²) >= 11 is 0. The number of aromatic nitrogens is 4. The molecule has 0 atom stereocenters. The smallest absolute Gasteiger partial charge is 0.0461 e. The highest BCUT2D eigenvalue weighted by Gasteiger charge is 2.26. The molecular weight excluding hydrogens is 695 g/mol. The fourth-order valence-electron chi connectivity index (χ4n) is 9.04. The SMILES string of the molecule is c1ccc(N(c2ccc(C(c3c[nH]c4ccccc34)c3c[nH]c4ccccc34)cc2)c2ccc(C(c3c[nH]c4ccccc34)c3c[nH]c4ccccc34)cc2)cc1. The van der Waals surface area contributed by atoms with Gasteiger partial charge in [-0.15, -0.1) is 0 Å². The number of nitrogens with zero attached hydrogens (tertiary/aromatic N) is 1. The maximum Gasteiger partial charge on any atom is 0.0461 e. The lowest BCUT2D eigenvalue weighted by atomic mass is 9.84. The van der Waals surface area contributed by atoms with E-state index in [1.54, 1.807) is 0 Å². The average molecular weight is 734 g/mol. The van der Waals surface area contributed by atoms with Gasteiger partial charge in [-0.1, -0.05) is 115 Å². The molecule has 4 aromatic heterocycles. The molecule has 4 heterocycles. The van der Waals surface area contributed by atoms with Crippen molar-refractivity contribution in [3.63, 3.8) is 0 Å². The molecule has 0 radical (unpaired) electrons. The quantitative estimate of drug-likeness (QED) is 0.117. The Morgan fingerprint density at radius 1 is 0.281 bits per heavy atom. The molecule has 4 N–H and O–H groups in total. The zero-order chi connectivity index (χ0) is 37.7. The van der Waals surface area contributed by atoms with Crippen molar-refractivity contribution in [2.75, 3.05) is 4.90 Å². The Labute approximate surface area is 330 Å². The Balaban J connectivity index is 1.01. The second-order valence-corrected chi connectivity index (χ2v) is 14.9. The van der Waals surface area contributed by atoms with Crippen LogP contribution in [0.2, 0.25) is 0 Å². The molecule has 5 heteroatoms. The summed E-state index contributed by atoms with van der Waals surface area (Å²) in [5.41, 5.74) is 15.4. The third-order valence-electron chi connectivity index (χ3n) is 11.7. The molecule has 0 amide bonds. The molecule has 7 aromatic carbocycles. The van der Waals surface area contributed by atoms with Gasteiger partial charge in [0.05, 0.1) is 0 Å². The molecule has 0 aliphatic heterocycles. The summed E-state index contributed by atoms with van der Waals surface area (Å²) < 4.78 is 0. The summed E-state index contributed by atoms with van der Waals surface area (Å²) in [6.45, 7) is 0. The molecule has 11 aromatic rings. The standard InChI is InChI=1S/C52H39N5/c1-2-12-36(13-3-1)57(37-26-22-34(23-27-37)51(43-30-53-47-18-8-4-14-39(43)47)44-31-54-48-19-9-5-15-40(44)48)38-28-24-35(25-29-38)52(45-32-55-49-20-10-6-16-41(45)49)46-33-56-50-21-11-7-17-42(46)50/h1-33,51-56H. The van der Waals surface area contributed by atoms with Crippen LogP contribution in [-0.2, 0) is 0 Å². The number of benzene rings is 7. The summed E-state index contributed by atoms with van der Waals surface area (Å²) in [6.07, 6.45) is 8.73. The van der Waals surface area contributed by atoms with Crippen LogP contribution in [0.1, 0.15) is 45.2 Å². The number of fused-ring (bicyclic) bond motifs is 4. The van der Waals surface area contributed by atoms with Gasteiger partial charge >= 0.3 is 0 Å². The topological polar surface area (TPSA) is 66.4 Å². The number of nitrogens with one attached hydrogen (secondary N) is 4. The first kappa shape index (κ1) is 32.9. The maximum absolute atomic E-state index is 3.55. The summed E-state index contributed by atoms with van der Waals surface area (Å²) in [5, 5.41) is 4.95. The van der Waals surface area contributed by atoms with Crippen molar-refractivity contribution in [2.24, 2.45) is 0 Å². The second-order valence-electron chi connectivity index (χ2n) is 14.9. The fraction of sp³-hybridized carbons (Fsp3) is 0.0385. The van der Waals surface area contributed by atoms with Gasteiger partial charge < -0.3 is 24.8 Å². The van der Waals surface area contributed by atoms with Crippen LogP contribution in [-0.4, -0.2) is 19.9 Å². The summed E-state index contributed by atoms with van der Waals surface area (Å²) in [7, 11) is 0. The van der Waals surface area contributed by atoms with E-state index >= 15 is 0 Å². The second kappa shape index (κ2) is 13.7. The number of para-hydroxylation sites is 5. The van der Waals surface area contributed by atoms with E-state index in [9.17, 15) is 0 Å². The molecule has 0 saturated carbocycles. The minimum absolute atomic E-state index is 0.0294. The molecule has 0 bridgehead atoms. The van der Waals surface area contributed by atoms with Gasteiger partial charge in [0.15, 0.2) is 0 Å². The minimum atomic E-state index is 0.0294. The number of hydrogen-bond donors (Lipinski definition) is 4. The first-order valence-corrected chi connectivity index (χ1v) is 19.6. The lowest BCUT2D eigenvalue weighted by molar-refractivity contribution is 0.995. The number of H-pyrrole nitrogens is 4. The van der Waals surface area contributed by atoms with E-state index in [0.29, 0.717) is 0 Å². The number of rotatable bonds is 9. The molecule has 11 rings (SSSR count). The minimum Gasteiger partial charge on any atom is -0.361 e. The van der Waals surface area contributed by atoms with Crippen molar-refractivity contribution in [3.05, 3.63) is 234 Å². The highest BCUT2D eigenvalue weighted by atomic mass is 15.1. The van der Waals surface area contributed by atoms with Crippen LogP contribution in [0.3, 0.4) is 0 Å². The van der Waals surface area contributed by atoms with Crippen LogP contribution >= 0.6 is 0 Å². The highest BCUT2D eigenvalue weighted by molar-refractivity contribution is 5.91. The predicted molar refractivity (Wildman–Crippen MR) is 236 cm³/mol. The zero-order valence-electron chi connectivity index (χ0n) is 31.2. The van der Waals surface area contributed by atoms with E-state index in [4.69, 9.17) is 0 Å². The van der Waals surface area contributed by atoms with Crippen molar-refractivity contribution in [2.45, 2.75) is 11.8 Å². The molecule has 0 aliphatic rings. The third-order valence-corrected chi connectivity index (χ3v) is 11.7. The summed E-state index contributed by atoms with van der Waals surface area (Å²) in [4.78, 5) is 16.5. The Morgan fingerprint density at radius 3 is 0.895 bits per heavy atom. The van der Waals surface area contributed by atoms with Crippen molar-refractivity contribution >= 4 is 60.7 Å². The van der Waals surface area contributed by atoms with E-state index in [2.05, 4.69) is 226 Å². The van der Waals surface area contributed by atoms with Crippen LogP contribution in [0.4, 0.5) is 17.1 Å². The Kier molecular flexibility index (Phi) is 7.88. The summed E-state index contributed by atoms with van der Waals surface area (Å²) in [6, 6.07) is 63.3. The molecule has 0 unspecified atom stereocenters. The molecule has 0 fully saturated rings.